The van der Waals surface area contributed by atoms with Crippen LogP contribution in [0.1, 0.15) is 12.1 Å². The largest absolute Gasteiger partial charge is 0.382 e. The number of aromatic nitrogens is 3. The molecular formula is C9H10ClFN6. The summed E-state index contributed by atoms with van der Waals surface area (Å²) in [5.41, 5.74) is 12.0. The minimum absolute atomic E-state index is 0.113. The van der Waals surface area contributed by atoms with E-state index in [0.717, 1.165) is 0 Å². The van der Waals surface area contributed by atoms with Crippen LogP contribution in [0.3, 0.4) is 0 Å². The number of amidine groups is 1. The van der Waals surface area contributed by atoms with E-state index in [-0.39, 0.29) is 29.6 Å². The first-order valence-corrected chi connectivity index (χ1v) is 5.22. The molecule has 0 aromatic carbocycles. The summed E-state index contributed by atoms with van der Waals surface area (Å²) < 4.78 is 13.0. The van der Waals surface area contributed by atoms with Gasteiger partial charge in [0.1, 0.15) is 5.83 Å². The van der Waals surface area contributed by atoms with Crippen LogP contribution in [0.4, 0.5) is 10.2 Å². The van der Waals surface area contributed by atoms with Gasteiger partial charge < -0.3 is 11.5 Å². The highest BCUT2D eigenvalue weighted by Gasteiger charge is 2.17. The number of anilines is 1. The quantitative estimate of drug-likeness (QED) is 0.414. The molecule has 1 aliphatic rings. The molecule has 1 aromatic rings. The van der Waals surface area contributed by atoms with E-state index in [2.05, 4.69) is 20.4 Å². The van der Waals surface area contributed by atoms with E-state index in [1.165, 1.54) is 12.2 Å². The summed E-state index contributed by atoms with van der Waals surface area (Å²) in [6.07, 6.45) is 3.04. The van der Waals surface area contributed by atoms with Crippen LogP contribution in [0.15, 0.2) is 28.7 Å². The molecule has 8 heteroatoms. The van der Waals surface area contributed by atoms with E-state index in [9.17, 15) is 4.39 Å². The lowest BCUT2D eigenvalue weighted by molar-refractivity contribution is 0.585. The highest BCUT2D eigenvalue weighted by Crippen LogP contribution is 2.25. The monoisotopic (exact) mass is 256 g/mol. The molecule has 2 rings (SSSR count). The zero-order valence-corrected chi connectivity index (χ0v) is 9.45. The summed E-state index contributed by atoms with van der Waals surface area (Å²) in [5.74, 6) is -0.112. The molecule has 0 spiro atoms. The fourth-order valence-corrected chi connectivity index (χ4v) is 1.58. The first-order valence-electron chi connectivity index (χ1n) is 4.79. The Labute approximate surface area is 101 Å². The fourth-order valence-electron chi connectivity index (χ4n) is 1.35. The van der Waals surface area contributed by atoms with Gasteiger partial charge in [0, 0.05) is 12.1 Å². The van der Waals surface area contributed by atoms with Crippen LogP contribution in [-0.4, -0.2) is 26.6 Å². The third-order valence-electron chi connectivity index (χ3n) is 2.20. The van der Waals surface area contributed by atoms with Crippen molar-refractivity contribution in [2.24, 2.45) is 10.7 Å². The molecule has 6 nitrogen and oxygen atoms in total. The Morgan fingerprint density at radius 1 is 1.53 bits per heavy atom. The van der Waals surface area contributed by atoms with Crippen LogP contribution in [0.25, 0.3) is 0 Å². The van der Waals surface area contributed by atoms with Gasteiger partial charge in [-0.15, -0.1) is 16.7 Å². The Bertz CT molecular complexity index is 517. The molecule has 0 amide bonds. The molecule has 5 N–H and O–H groups in total. The number of aromatic amines is 1. The van der Waals surface area contributed by atoms with Gasteiger partial charge in [0.15, 0.2) is 17.3 Å². The number of rotatable bonds is 2. The number of aliphatic imine (C=N–C) groups is 1. The van der Waals surface area contributed by atoms with Gasteiger partial charge in [0.05, 0.1) is 5.38 Å². The molecule has 1 heterocycles. The SMILES string of the molecule is NC(=NC1=CC=C(F)C(Cl)C1)c1n[nH]nc1N. The highest BCUT2D eigenvalue weighted by atomic mass is 35.5. The molecule has 1 unspecified atom stereocenters. The average Bonchev–Trinajstić information content (AvgIpc) is 2.70. The minimum Gasteiger partial charge on any atom is -0.382 e. The summed E-state index contributed by atoms with van der Waals surface area (Å²) in [6, 6.07) is 0. The zero-order chi connectivity index (χ0) is 12.4. The van der Waals surface area contributed by atoms with Gasteiger partial charge >= 0.3 is 0 Å². The van der Waals surface area contributed by atoms with Crippen LogP contribution in [0.2, 0.25) is 0 Å². The van der Waals surface area contributed by atoms with Crippen LogP contribution in [0.5, 0.6) is 0 Å². The first kappa shape index (κ1) is 11.6. The highest BCUT2D eigenvalue weighted by molar-refractivity contribution is 6.22. The molecule has 1 aliphatic carbocycles. The summed E-state index contributed by atoms with van der Waals surface area (Å²) >= 11 is 5.75. The molecule has 0 saturated heterocycles. The van der Waals surface area contributed by atoms with Crippen molar-refractivity contribution in [3.63, 3.8) is 0 Å². The number of nitrogens with one attached hydrogen (secondary N) is 1. The summed E-state index contributed by atoms with van der Waals surface area (Å²) in [7, 11) is 0. The normalized spacial score (nSPS) is 21.1. The standard InChI is InChI=1S/C9H10ClFN6/c10-5-3-4(1-2-6(5)11)14-8(12)7-9(13)16-17-15-7/h1-2,5H,3H2,(H2,12,14)(H3,13,15,16,17). The second-order valence-electron chi connectivity index (χ2n) is 3.44. The number of nitrogen functional groups attached to an aromatic ring is 1. The summed E-state index contributed by atoms with van der Waals surface area (Å²) in [5, 5.41) is 8.99. The molecule has 1 aromatic heterocycles. The second kappa shape index (κ2) is 4.54. The van der Waals surface area contributed by atoms with Crippen molar-refractivity contribution in [3.8, 4) is 0 Å². The van der Waals surface area contributed by atoms with Gasteiger partial charge in [-0.1, -0.05) is 0 Å². The number of hydrogen-bond donors (Lipinski definition) is 3. The van der Waals surface area contributed by atoms with E-state index in [1.54, 1.807) is 0 Å². The van der Waals surface area contributed by atoms with Crippen molar-refractivity contribution in [2.75, 3.05) is 5.73 Å². The number of halogens is 2. The third kappa shape index (κ3) is 2.44. The number of allylic oxidation sites excluding steroid dienone is 4. The van der Waals surface area contributed by atoms with Crippen LogP contribution >= 0.6 is 11.6 Å². The van der Waals surface area contributed by atoms with Gasteiger partial charge in [-0.2, -0.15) is 10.3 Å². The van der Waals surface area contributed by atoms with E-state index in [0.29, 0.717) is 5.70 Å². The molecule has 0 aliphatic heterocycles. The lowest BCUT2D eigenvalue weighted by Gasteiger charge is -2.11. The van der Waals surface area contributed by atoms with E-state index in [1.807, 2.05) is 0 Å². The molecule has 0 bridgehead atoms. The van der Waals surface area contributed by atoms with Crippen LogP contribution < -0.4 is 11.5 Å². The third-order valence-corrected chi connectivity index (χ3v) is 2.57. The molecular weight excluding hydrogens is 247 g/mol. The smallest absolute Gasteiger partial charge is 0.177 e. The molecule has 90 valence electrons. The Morgan fingerprint density at radius 2 is 2.29 bits per heavy atom. The predicted octanol–water partition coefficient (Wildman–Crippen LogP) is 0.841. The van der Waals surface area contributed by atoms with Gasteiger partial charge in [-0.05, 0) is 12.2 Å². The molecule has 0 radical (unpaired) electrons. The van der Waals surface area contributed by atoms with Crippen molar-refractivity contribution in [1.29, 1.82) is 0 Å². The second-order valence-corrected chi connectivity index (χ2v) is 3.96. The zero-order valence-electron chi connectivity index (χ0n) is 8.69. The lowest BCUT2D eigenvalue weighted by Crippen LogP contribution is -2.17. The van der Waals surface area contributed by atoms with Gasteiger partial charge in [-0.3, -0.25) is 0 Å². The van der Waals surface area contributed by atoms with Crippen LogP contribution in [-0.2, 0) is 0 Å². The maximum absolute atomic E-state index is 13.0. The van der Waals surface area contributed by atoms with Crippen LogP contribution in [0, 0.1) is 0 Å². The Hall–Kier alpha value is -1.89. The first-order chi connectivity index (χ1) is 8.08. The number of nitrogens with zero attached hydrogens (tertiary/aromatic N) is 3. The number of H-pyrrole nitrogens is 1. The van der Waals surface area contributed by atoms with Crippen molar-refractivity contribution < 1.29 is 4.39 Å². The van der Waals surface area contributed by atoms with Crippen molar-refractivity contribution >= 4 is 23.3 Å². The maximum Gasteiger partial charge on any atom is 0.177 e. The number of hydrogen-bond acceptors (Lipinski definition) is 4. The Balaban J connectivity index is 2.24. The lowest BCUT2D eigenvalue weighted by atomic mass is 10.1. The van der Waals surface area contributed by atoms with Gasteiger partial charge in [0.25, 0.3) is 0 Å². The number of alkyl halides is 1. The van der Waals surface area contributed by atoms with E-state index < -0.39 is 5.38 Å². The van der Waals surface area contributed by atoms with E-state index >= 15 is 0 Å². The van der Waals surface area contributed by atoms with Gasteiger partial charge in [0.2, 0.25) is 0 Å². The van der Waals surface area contributed by atoms with Crippen molar-refractivity contribution in [3.05, 3.63) is 29.4 Å². The molecule has 1 atom stereocenters. The topological polar surface area (TPSA) is 106 Å². The van der Waals surface area contributed by atoms with E-state index in [4.69, 9.17) is 23.1 Å². The Morgan fingerprint density at radius 3 is 2.88 bits per heavy atom. The van der Waals surface area contributed by atoms with Crippen molar-refractivity contribution in [2.45, 2.75) is 11.8 Å². The number of nitrogens with two attached hydrogens (primary N) is 2. The summed E-state index contributed by atoms with van der Waals surface area (Å²) in [4.78, 5) is 4.08. The fraction of sp³-hybridized carbons (Fsp3) is 0.222. The Kier molecular flexibility index (Phi) is 3.10. The summed E-state index contributed by atoms with van der Waals surface area (Å²) in [6.45, 7) is 0. The minimum atomic E-state index is -0.707. The average molecular weight is 257 g/mol. The maximum atomic E-state index is 13.0. The molecule has 0 fully saturated rings. The van der Waals surface area contributed by atoms with Crippen molar-refractivity contribution in [1.82, 2.24) is 15.4 Å². The molecule has 0 saturated carbocycles. The molecule has 17 heavy (non-hydrogen) atoms. The van der Waals surface area contributed by atoms with Gasteiger partial charge in [-0.25, -0.2) is 9.38 Å². The predicted molar refractivity (Wildman–Crippen MR) is 63.1 cm³/mol.